The van der Waals surface area contributed by atoms with Crippen molar-refractivity contribution in [2.75, 3.05) is 12.4 Å². The second-order valence-corrected chi connectivity index (χ2v) is 7.39. The van der Waals surface area contributed by atoms with Gasteiger partial charge >= 0.3 is 12.0 Å². The second-order valence-electron chi connectivity index (χ2n) is 6.40. The third kappa shape index (κ3) is 6.67. The number of thioether (sulfide) groups is 1. The maximum Gasteiger partial charge on any atom is 0.321 e. The summed E-state index contributed by atoms with van der Waals surface area (Å²) in [6.45, 7) is 4.82. The number of carbonyl (C=O) groups excluding carboxylic acids is 3. The number of amides is 3. The molecule has 1 heterocycles. The van der Waals surface area contributed by atoms with E-state index in [0.29, 0.717) is 5.03 Å². The van der Waals surface area contributed by atoms with Gasteiger partial charge in [0, 0.05) is 5.54 Å². The van der Waals surface area contributed by atoms with Crippen molar-refractivity contribution in [1.29, 1.82) is 0 Å². The van der Waals surface area contributed by atoms with Gasteiger partial charge in [0.05, 0.1) is 23.0 Å². The lowest BCUT2D eigenvalue weighted by atomic mass is 10.1. The molecule has 0 saturated carbocycles. The molecule has 2 aromatic rings. The zero-order chi connectivity index (χ0) is 19.2. The Morgan fingerprint density at radius 3 is 2.54 bits per heavy atom. The number of esters is 1. The van der Waals surface area contributed by atoms with Crippen molar-refractivity contribution in [1.82, 2.24) is 20.6 Å². The Morgan fingerprint density at radius 2 is 1.85 bits per heavy atom. The van der Waals surface area contributed by atoms with Crippen molar-refractivity contribution in [2.24, 2.45) is 0 Å². The number of fused-ring (bicyclic) bond motifs is 1. The first-order valence-corrected chi connectivity index (χ1v) is 8.84. The number of hydrogen-bond acceptors (Lipinski definition) is 7. The van der Waals surface area contributed by atoms with Crippen molar-refractivity contribution < 1.29 is 19.1 Å². The number of benzene rings is 1. The average molecular weight is 376 g/mol. The number of imide groups is 1. The first kappa shape index (κ1) is 19.6. The molecule has 1 aromatic carbocycles. The number of para-hydroxylation sites is 2. The van der Waals surface area contributed by atoms with E-state index < -0.39 is 30.1 Å². The van der Waals surface area contributed by atoms with Crippen LogP contribution in [0, 0.1) is 0 Å². The fraction of sp³-hybridized carbons (Fsp3) is 0.353. The molecule has 0 fully saturated rings. The Hall–Kier alpha value is -2.68. The van der Waals surface area contributed by atoms with Crippen LogP contribution in [0.4, 0.5) is 4.79 Å². The highest BCUT2D eigenvalue weighted by atomic mass is 32.2. The molecule has 0 aliphatic heterocycles. The normalized spacial score (nSPS) is 11.0. The standard InChI is InChI=1S/C17H20N4O4S/c1-17(2,3)21-16(24)20-13(22)9-25-15(23)10-26-14-8-18-11-6-4-5-7-12(11)19-14/h4-8H,9-10H2,1-3H3,(H2,20,21,22,24). The third-order valence-electron chi connectivity index (χ3n) is 2.87. The maximum absolute atomic E-state index is 11.7. The quantitative estimate of drug-likeness (QED) is 0.605. The molecule has 3 amide bonds. The topological polar surface area (TPSA) is 110 Å². The molecule has 26 heavy (non-hydrogen) atoms. The number of hydrogen-bond donors (Lipinski definition) is 2. The first-order valence-electron chi connectivity index (χ1n) is 7.85. The van der Waals surface area contributed by atoms with Crippen LogP contribution in [0.15, 0.2) is 35.5 Å². The van der Waals surface area contributed by atoms with E-state index in [1.807, 2.05) is 24.3 Å². The SMILES string of the molecule is CC(C)(C)NC(=O)NC(=O)COC(=O)CSc1cnc2ccccc2n1. The minimum atomic E-state index is -0.699. The number of rotatable bonds is 5. The molecular formula is C17H20N4O4S. The van der Waals surface area contributed by atoms with Gasteiger partial charge < -0.3 is 10.1 Å². The van der Waals surface area contributed by atoms with Crippen LogP contribution in [-0.2, 0) is 14.3 Å². The fourth-order valence-electron chi connectivity index (χ4n) is 1.86. The van der Waals surface area contributed by atoms with Crippen LogP contribution in [-0.4, -0.2) is 45.8 Å². The van der Waals surface area contributed by atoms with Crippen LogP contribution in [0.2, 0.25) is 0 Å². The highest BCUT2D eigenvalue weighted by Crippen LogP contribution is 2.17. The summed E-state index contributed by atoms with van der Waals surface area (Å²) in [7, 11) is 0. The predicted molar refractivity (Wildman–Crippen MR) is 97.6 cm³/mol. The first-order chi connectivity index (χ1) is 12.2. The summed E-state index contributed by atoms with van der Waals surface area (Å²) in [6, 6.07) is 6.76. The Balaban J connectivity index is 1.74. The molecule has 0 bridgehead atoms. The molecule has 8 nitrogen and oxygen atoms in total. The molecule has 0 aliphatic rings. The van der Waals surface area contributed by atoms with E-state index in [9.17, 15) is 14.4 Å². The zero-order valence-corrected chi connectivity index (χ0v) is 15.6. The molecule has 0 aliphatic carbocycles. The van der Waals surface area contributed by atoms with Gasteiger partial charge in [-0.2, -0.15) is 0 Å². The van der Waals surface area contributed by atoms with Gasteiger partial charge in [0.25, 0.3) is 5.91 Å². The molecule has 138 valence electrons. The van der Waals surface area contributed by atoms with Crippen LogP contribution < -0.4 is 10.6 Å². The average Bonchev–Trinajstić information content (AvgIpc) is 2.56. The van der Waals surface area contributed by atoms with E-state index in [1.54, 1.807) is 27.0 Å². The Morgan fingerprint density at radius 1 is 1.15 bits per heavy atom. The number of urea groups is 1. The fourth-order valence-corrected chi connectivity index (χ4v) is 2.50. The van der Waals surface area contributed by atoms with Crippen molar-refractivity contribution in [2.45, 2.75) is 31.3 Å². The van der Waals surface area contributed by atoms with E-state index in [1.165, 1.54) is 0 Å². The van der Waals surface area contributed by atoms with E-state index in [2.05, 4.69) is 20.6 Å². The molecule has 0 spiro atoms. The molecule has 9 heteroatoms. The Bertz CT molecular complexity index is 820. The van der Waals surface area contributed by atoms with Gasteiger partial charge in [-0.1, -0.05) is 23.9 Å². The second kappa shape index (κ2) is 8.61. The van der Waals surface area contributed by atoms with Crippen molar-refractivity contribution in [3.05, 3.63) is 30.5 Å². The molecule has 0 radical (unpaired) electrons. The molecule has 2 rings (SSSR count). The van der Waals surface area contributed by atoms with E-state index >= 15 is 0 Å². The van der Waals surface area contributed by atoms with Gasteiger partial charge in [-0.05, 0) is 32.9 Å². The molecule has 1 aromatic heterocycles. The summed E-state index contributed by atoms with van der Waals surface area (Å²) < 4.78 is 4.84. The highest BCUT2D eigenvalue weighted by Gasteiger charge is 2.16. The van der Waals surface area contributed by atoms with Crippen molar-refractivity contribution in [3.63, 3.8) is 0 Å². The van der Waals surface area contributed by atoms with Gasteiger partial charge in [-0.15, -0.1) is 0 Å². The van der Waals surface area contributed by atoms with Crippen LogP contribution >= 0.6 is 11.8 Å². The van der Waals surface area contributed by atoms with Gasteiger partial charge in [0.1, 0.15) is 5.03 Å². The van der Waals surface area contributed by atoms with Crippen LogP contribution in [0.5, 0.6) is 0 Å². The van der Waals surface area contributed by atoms with Gasteiger partial charge in [0.2, 0.25) is 0 Å². The molecule has 2 N–H and O–H groups in total. The van der Waals surface area contributed by atoms with E-state index in [4.69, 9.17) is 4.74 Å². The summed E-state index contributed by atoms with van der Waals surface area (Å²) in [5.41, 5.74) is 1.03. The number of nitrogens with zero attached hydrogens (tertiary/aromatic N) is 2. The number of ether oxygens (including phenoxy) is 1. The minimum Gasteiger partial charge on any atom is -0.455 e. The van der Waals surface area contributed by atoms with Crippen LogP contribution in [0.25, 0.3) is 11.0 Å². The van der Waals surface area contributed by atoms with E-state index in [0.717, 1.165) is 22.8 Å². The zero-order valence-electron chi connectivity index (χ0n) is 14.7. The van der Waals surface area contributed by atoms with Crippen LogP contribution in [0.1, 0.15) is 20.8 Å². The smallest absolute Gasteiger partial charge is 0.321 e. The number of nitrogens with one attached hydrogen (secondary N) is 2. The molecule has 0 unspecified atom stereocenters. The third-order valence-corrected chi connectivity index (χ3v) is 3.74. The van der Waals surface area contributed by atoms with Gasteiger partial charge in [-0.25, -0.2) is 9.78 Å². The Kier molecular flexibility index (Phi) is 6.51. The van der Waals surface area contributed by atoms with Gasteiger partial charge in [0.15, 0.2) is 6.61 Å². The van der Waals surface area contributed by atoms with E-state index in [-0.39, 0.29) is 5.75 Å². The lowest BCUT2D eigenvalue weighted by Crippen LogP contribution is -2.49. The van der Waals surface area contributed by atoms with Gasteiger partial charge in [-0.3, -0.25) is 19.9 Å². The maximum atomic E-state index is 11.7. The van der Waals surface area contributed by atoms with Crippen molar-refractivity contribution in [3.8, 4) is 0 Å². The summed E-state index contributed by atoms with van der Waals surface area (Å²) in [4.78, 5) is 43.5. The predicted octanol–water partition coefficient (Wildman–Crippen LogP) is 1.89. The van der Waals surface area contributed by atoms with Crippen LogP contribution in [0.3, 0.4) is 0 Å². The minimum absolute atomic E-state index is 0.0194. The highest BCUT2D eigenvalue weighted by molar-refractivity contribution is 7.99. The summed E-state index contributed by atoms with van der Waals surface area (Å²) in [6.07, 6.45) is 1.57. The summed E-state index contributed by atoms with van der Waals surface area (Å²) >= 11 is 1.16. The summed E-state index contributed by atoms with van der Waals surface area (Å²) in [5.74, 6) is -1.30. The molecule has 0 saturated heterocycles. The Labute approximate surface area is 155 Å². The number of aromatic nitrogens is 2. The number of carbonyl (C=O) groups is 3. The lowest BCUT2D eigenvalue weighted by Gasteiger charge is -2.20. The molecule has 0 atom stereocenters. The molecular weight excluding hydrogens is 356 g/mol. The largest absolute Gasteiger partial charge is 0.455 e. The van der Waals surface area contributed by atoms with Crippen molar-refractivity contribution >= 4 is 40.7 Å². The summed E-state index contributed by atoms with van der Waals surface area (Å²) in [5, 5.41) is 5.24. The monoisotopic (exact) mass is 376 g/mol. The lowest BCUT2D eigenvalue weighted by molar-refractivity contribution is -0.145.